The number of hydrogen-bond donors (Lipinski definition) is 3. The van der Waals surface area contributed by atoms with Crippen LogP contribution in [-0.2, 0) is 9.59 Å². The molecule has 0 spiro atoms. The summed E-state index contributed by atoms with van der Waals surface area (Å²) in [5.74, 6) is 0.407. The van der Waals surface area contributed by atoms with E-state index in [-0.39, 0.29) is 24.8 Å². The zero-order chi connectivity index (χ0) is 12.6. The summed E-state index contributed by atoms with van der Waals surface area (Å²) < 4.78 is 0. The SMILES string of the molecule is C#CCC(NC(=O)C(CN)CCC)C(=O)O. The third-order valence-corrected chi connectivity index (χ3v) is 2.23. The fourth-order valence-corrected chi connectivity index (χ4v) is 1.31. The topological polar surface area (TPSA) is 92.4 Å². The summed E-state index contributed by atoms with van der Waals surface area (Å²) in [5.41, 5.74) is 5.44. The number of carboxylic acid groups (broad SMARTS) is 1. The van der Waals surface area contributed by atoms with Gasteiger partial charge in [-0.2, -0.15) is 0 Å². The molecule has 0 aliphatic rings. The minimum Gasteiger partial charge on any atom is -0.480 e. The van der Waals surface area contributed by atoms with Crippen molar-refractivity contribution in [3.63, 3.8) is 0 Å². The number of carbonyl (C=O) groups is 2. The Hall–Kier alpha value is -1.54. The summed E-state index contributed by atoms with van der Waals surface area (Å²) in [5, 5.41) is 11.2. The molecule has 90 valence electrons. The van der Waals surface area contributed by atoms with Crippen LogP contribution in [0.3, 0.4) is 0 Å². The van der Waals surface area contributed by atoms with E-state index in [2.05, 4.69) is 11.2 Å². The van der Waals surface area contributed by atoms with Gasteiger partial charge < -0.3 is 16.2 Å². The molecule has 0 radical (unpaired) electrons. The predicted octanol–water partition coefficient (Wildman–Crippen LogP) is -0.0459. The second-order valence-corrected chi connectivity index (χ2v) is 3.53. The molecule has 4 N–H and O–H groups in total. The number of amides is 1. The summed E-state index contributed by atoms with van der Waals surface area (Å²) >= 11 is 0. The molecule has 5 nitrogen and oxygen atoms in total. The van der Waals surface area contributed by atoms with E-state index in [1.165, 1.54) is 0 Å². The number of hydrogen-bond acceptors (Lipinski definition) is 3. The molecule has 2 unspecified atom stereocenters. The molecule has 2 atom stereocenters. The molecule has 0 aliphatic heterocycles. The first-order valence-electron chi connectivity index (χ1n) is 5.23. The van der Waals surface area contributed by atoms with Gasteiger partial charge >= 0.3 is 5.97 Å². The van der Waals surface area contributed by atoms with E-state index in [4.69, 9.17) is 17.3 Å². The van der Waals surface area contributed by atoms with E-state index in [1.807, 2.05) is 6.92 Å². The lowest BCUT2D eigenvalue weighted by molar-refractivity contribution is -0.142. The van der Waals surface area contributed by atoms with E-state index in [0.29, 0.717) is 6.42 Å². The maximum absolute atomic E-state index is 11.6. The number of nitrogens with one attached hydrogen (secondary N) is 1. The molecule has 0 fully saturated rings. The van der Waals surface area contributed by atoms with Crippen LogP contribution in [0.15, 0.2) is 0 Å². The van der Waals surface area contributed by atoms with Gasteiger partial charge in [0.05, 0.1) is 5.92 Å². The fraction of sp³-hybridized carbons (Fsp3) is 0.636. The molecule has 0 saturated carbocycles. The Labute approximate surface area is 95.4 Å². The van der Waals surface area contributed by atoms with Crippen molar-refractivity contribution >= 4 is 11.9 Å². The molecule has 1 amide bonds. The molecular formula is C11H18N2O3. The fourth-order valence-electron chi connectivity index (χ4n) is 1.31. The Morgan fingerprint density at radius 2 is 2.19 bits per heavy atom. The molecule has 0 aromatic heterocycles. The van der Waals surface area contributed by atoms with Gasteiger partial charge in [0.1, 0.15) is 6.04 Å². The molecule has 0 aromatic carbocycles. The number of aliphatic carboxylic acids is 1. The molecule has 16 heavy (non-hydrogen) atoms. The Balaban J connectivity index is 4.38. The van der Waals surface area contributed by atoms with E-state index in [1.54, 1.807) is 0 Å². The third kappa shape index (κ3) is 4.80. The molecule has 0 bridgehead atoms. The van der Waals surface area contributed by atoms with Gasteiger partial charge in [-0.3, -0.25) is 4.79 Å². The quantitative estimate of drug-likeness (QED) is 0.531. The first-order valence-corrected chi connectivity index (χ1v) is 5.23. The summed E-state index contributed by atoms with van der Waals surface area (Å²) in [6.45, 7) is 2.15. The number of rotatable bonds is 7. The Morgan fingerprint density at radius 3 is 2.56 bits per heavy atom. The van der Waals surface area contributed by atoms with Crippen molar-refractivity contribution in [2.24, 2.45) is 11.7 Å². The average Bonchev–Trinajstić information content (AvgIpc) is 2.24. The van der Waals surface area contributed by atoms with E-state index in [9.17, 15) is 9.59 Å². The zero-order valence-corrected chi connectivity index (χ0v) is 9.40. The average molecular weight is 226 g/mol. The Bertz CT molecular complexity index is 283. The minimum absolute atomic E-state index is 0.0233. The van der Waals surface area contributed by atoms with Crippen molar-refractivity contribution in [2.45, 2.75) is 32.2 Å². The molecule has 0 heterocycles. The molecule has 0 aromatic rings. The minimum atomic E-state index is -1.13. The number of carbonyl (C=O) groups excluding carboxylic acids is 1. The second-order valence-electron chi connectivity index (χ2n) is 3.53. The van der Waals surface area contributed by atoms with Crippen molar-refractivity contribution in [3.8, 4) is 12.3 Å². The summed E-state index contributed by atoms with van der Waals surface area (Å²) in [6.07, 6.45) is 6.46. The monoisotopic (exact) mass is 226 g/mol. The first kappa shape index (κ1) is 14.5. The van der Waals surface area contributed by atoms with Crippen molar-refractivity contribution < 1.29 is 14.7 Å². The van der Waals surface area contributed by atoms with Crippen LogP contribution in [0.4, 0.5) is 0 Å². The van der Waals surface area contributed by atoms with Crippen LogP contribution >= 0.6 is 0 Å². The van der Waals surface area contributed by atoms with Crippen molar-refractivity contribution in [2.75, 3.05) is 6.54 Å². The normalized spacial score (nSPS) is 13.6. The standard InChI is InChI=1S/C11H18N2O3/c1-3-5-8(7-12)10(14)13-9(6-4-2)11(15)16/h2,8-9H,3,5-7,12H2,1H3,(H,13,14)(H,15,16). The van der Waals surface area contributed by atoms with Gasteiger partial charge in [-0.05, 0) is 6.42 Å². The molecule has 5 heteroatoms. The van der Waals surface area contributed by atoms with Crippen LogP contribution in [0.25, 0.3) is 0 Å². The smallest absolute Gasteiger partial charge is 0.327 e. The van der Waals surface area contributed by atoms with Gasteiger partial charge in [-0.25, -0.2) is 4.79 Å². The van der Waals surface area contributed by atoms with Crippen LogP contribution in [0.5, 0.6) is 0 Å². The largest absolute Gasteiger partial charge is 0.480 e. The van der Waals surface area contributed by atoms with Crippen molar-refractivity contribution in [1.82, 2.24) is 5.32 Å². The highest BCUT2D eigenvalue weighted by Gasteiger charge is 2.23. The molecule has 0 rings (SSSR count). The molecule has 0 aliphatic carbocycles. The van der Waals surface area contributed by atoms with E-state index >= 15 is 0 Å². The highest BCUT2D eigenvalue weighted by molar-refractivity contribution is 5.85. The predicted molar refractivity (Wildman–Crippen MR) is 60.5 cm³/mol. The Morgan fingerprint density at radius 1 is 1.56 bits per heavy atom. The van der Waals surface area contributed by atoms with Crippen LogP contribution < -0.4 is 11.1 Å². The van der Waals surface area contributed by atoms with Gasteiger partial charge in [-0.15, -0.1) is 12.3 Å². The van der Waals surface area contributed by atoms with Crippen LogP contribution in [-0.4, -0.2) is 29.6 Å². The number of terminal acetylenes is 1. The van der Waals surface area contributed by atoms with Gasteiger partial charge in [0.2, 0.25) is 5.91 Å². The maximum Gasteiger partial charge on any atom is 0.327 e. The van der Waals surface area contributed by atoms with E-state index in [0.717, 1.165) is 6.42 Å². The Kier molecular flexibility index (Phi) is 6.97. The lowest BCUT2D eigenvalue weighted by Gasteiger charge is -2.17. The van der Waals surface area contributed by atoms with Gasteiger partial charge in [0.15, 0.2) is 0 Å². The van der Waals surface area contributed by atoms with Crippen LogP contribution in [0, 0.1) is 18.3 Å². The van der Waals surface area contributed by atoms with Gasteiger partial charge in [-0.1, -0.05) is 13.3 Å². The maximum atomic E-state index is 11.6. The molecule has 0 saturated heterocycles. The number of carboxylic acids is 1. The highest BCUT2D eigenvalue weighted by atomic mass is 16.4. The van der Waals surface area contributed by atoms with Gasteiger partial charge in [0.25, 0.3) is 0 Å². The zero-order valence-electron chi connectivity index (χ0n) is 9.40. The van der Waals surface area contributed by atoms with E-state index < -0.39 is 12.0 Å². The summed E-state index contributed by atoms with van der Waals surface area (Å²) in [4.78, 5) is 22.4. The first-order chi connectivity index (χ1) is 7.56. The van der Waals surface area contributed by atoms with Crippen molar-refractivity contribution in [3.05, 3.63) is 0 Å². The summed E-state index contributed by atoms with van der Waals surface area (Å²) in [6, 6.07) is -1.02. The second kappa shape index (κ2) is 7.71. The lowest BCUT2D eigenvalue weighted by atomic mass is 10.0. The highest BCUT2D eigenvalue weighted by Crippen LogP contribution is 2.05. The van der Waals surface area contributed by atoms with Gasteiger partial charge in [0, 0.05) is 13.0 Å². The lowest BCUT2D eigenvalue weighted by Crippen LogP contribution is -2.45. The van der Waals surface area contributed by atoms with Crippen molar-refractivity contribution in [1.29, 1.82) is 0 Å². The molecular weight excluding hydrogens is 208 g/mol. The third-order valence-electron chi connectivity index (χ3n) is 2.23. The number of nitrogens with two attached hydrogens (primary N) is 1. The summed E-state index contributed by atoms with van der Waals surface area (Å²) in [7, 11) is 0. The van der Waals surface area contributed by atoms with Crippen LogP contribution in [0.2, 0.25) is 0 Å². The van der Waals surface area contributed by atoms with Crippen LogP contribution in [0.1, 0.15) is 26.2 Å².